The van der Waals surface area contributed by atoms with Gasteiger partial charge in [-0.25, -0.2) is 8.42 Å². The Labute approximate surface area is 189 Å². The van der Waals surface area contributed by atoms with Crippen molar-refractivity contribution in [1.82, 2.24) is 13.8 Å². The van der Waals surface area contributed by atoms with Crippen molar-refractivity contribution in [2.75, 3.05) is 45.9 Å². The monoisotopic (exact) mass is 461 g/mol. The second kappa shape index (κ2) is 9.44. The maximum atomic E-state index is 13.1. The molecule has 0 amide bonds. The number of aryl methyl sites for hydroxylation is 1. The van der Waals surface area contributed by atoms with E-state index < -0.39 is 10.0 Å². The number of piperidine rings is 1. The maximum Gasteiger partial charge on any atom is 0.243 e. The minimum Gasteiger partial charge on any atom is -0.393 e. The average Bonchev–Trinajstić information content (AvgIpc) is 3.10. The molecule has 2 saturated heterocycles. The molecule has 9 heteroatoms. The lowest BCUT2D eigenvalue weighted by Gasteiger charge is -2.28. The Bertz CT molecular complexity index is 1080. The third-order valence-corrected chi connectivity index (χ3v) is 8.23. The number of aliphatic hydroxyl groups is 1. The molecule has 174 valence electrons. The number of benzene rings is 1. The standard InChI is InChI=1S/C23H31N3O5S/c1-17-14-22(23(28)16-24-8-6-20(27)7-9-24)18(2)26(17)19-4-3-5-21(15-19)32(29,30)25-10-12-31-13-11-25/h3-5,14-15,20,27H,6-13,16H2,1-2H3. The number of sulfonamides is 1. The maximum absolute atomic E-state index is 13.1. The normalized spacial score (nSPS) is 19.3. The van der Waals surface area contributed by atoms with Gasteiger partial charge in [-0.3, -0.25) is 9.69 Å². The van der Waals surface area contributed by atoms with Crippen LogP contribution in [0.3, 0.4) is 0 Å². The summed E-state index contributed by atoms with van der Waals surface area (Å²) in [4.78, 5) is 15.3. The number of carbonyl (C=O) groups excluding carboxylic acids is 1. The molecule has 0 radical (unpaired) electrons. The van der Waals surface area contributed by atoms with Crippen LogP contribution in [0.25, 0.3) is 5.69 Å². The van der Waals surface area contributed by atoms with Crippen molar-refractivity contribution in [3.8, 4) is 5.69 Å². The number of ether oxygens (including phenoxy) is 1. The molecule has 0 atom stereocenters. The molecule has 0 spiro atoms. The van der Waals surface area contributed by atoms with Gasteiger partial charge in [-0.15, -0.1) is 0 Å². The molecule has 32 heavy (non-hydrogen) atoms. The minimum atomic E-state index is -3.61. The average molecular weight is 462 g/mol. The number of rotatable bonds is 6. The SMILES string of the molecule is Cc1cc(C(=O)CN2CCC(O)CC2)c(C)n1-c1cccc(S(=O)(=O)N2CCOCC2)c1. The predicted molar refractivity (Wildman–Crippen MR) is 121 cm³/mol. The van der Waals surface area contributed by atoms with Crippen LogP contribution in [-0.4, -0.2) is 85.1 Å². The summed E-state index contributed by atoms with van der Waals surface area (Å²) < 4.78 is 34.8. The highest BCUT2D eigenvalue weighted by atomic mass is 32.2. The molecule has 3 heterocycles. The van der Waals surface area contributed by atoms with Gasteiger partial charge in [-0.05, 0) is 51.0 Å². The van der Waals surface area contributed by atoms with Crippen molar-refractivity contribution in [3.05, 3.63) is 47.3 Å². The van der Waals surface area contributed by atoms with Gasteiger partial charge in [-0.1, -0.05) is 6.07 Å². The number of morpholine rings is 1. The fraction of sp³-hybridized carbons (Fsp3) is 0.522. The van der Waals surface area contributed by atoms with Gasteiger partial charge in [0.1, 0.15) is 0 Å². The Morgan fingerprint density at radius 3 is 2.47 bits per heavy atom. The number of aliphatic hydroxyl groups excluding tert-OH is 1. The van der Waals surface area contributed by atoms with Gasteiger partial charge in [0.15, 0.2) is 5.78 Å². The van der Waals surface area contributed by atoms with Gasteiger partial charge in [0, 0.05) is 48.8 Å². The van der Waals surface area contributed by atoms with E-state index in [1.807, 2.05) is 30.5 Å². The Morgan fingerprint density at radius 2 is 1.78 bits per heavy atom. The number of carbonyl (C=O) groups is 1. The summed E-state index contributed by atoms with van der Waals surface area (Å²) in [6, 6.07) is 8.75. The number of likely N-dealkylation sites (tertiary alicyclic amines) is 1. The van der Waals surface area contributed by atoms with Crippen molar-refractivity contribution < 1.29 is 23.1 Å². The largest absolute Gasteiger partial charge is 0.393 e. The zero-order valence-electron chi connectivity index (χ0n) is 18.7. The third kappa shape index (κ3) is 4.67. The van der Waals surface area contributed by atoms with E-state index in [1.165, 1.54) is 4.31 Å². The van der Waals surface area contributed by atoms with E-state index in [4.69, 9.17) is 4.74 Å². The first-order chi connectivity index (χ1) is 15.3. The Kier molecular flexibility index (Phi) is 6.83. The van der Waals surface area contributed by atoms with E-state index in [-0.39, 0.29) is 16.8 Å². The summed E-state index contributed by atoms with van der Waals surface area (Å²) in [5, 5.41) is 9.68. The van der Waals surface area contributed by atoms with Gasteiger partial charge in [0.05, 0.1) is 30.8 Å². The first-order valence-corrected chi connectivity index (χ1v) is 12.5. The summed E-state index contributed by atoms with van der Waals surface area (Å²) >= 11 is 0. The van der Waals surface area contributed by atoms with E-state index in [0.29, 0.717) is 64.3 Å². The van der Waals surface area contributed by atoms with E-state index in [9.17, 15) is 18.3 Å². The number of hydrogen-bond acceptors (Lipinski definition) is 6. The molecule has 1 aromatic heterocycles. The van der Waals surface area contributed by atoms with Crippen LogP contribution < -0.4 is 0 Å². The molecule has 8 nitrogen and oxygen atoms in total. The first-order valence-electron chi connectivity index (χ1n) is 11.1. The predicted octanol–water partition coefficient (Wildman–Crippen LogP) is 1.75. The summed E-state index contributed by atoms with van der Waals surface area (Å²) in [5.41, 5.74) is 3.04. The fourth-order valence-electron chi connectivity index (χ4n) is 4.53. The quantitative estimate of drug-likeness (QED) is 0.659. The molecule has 2 aliphatic rings. The molecule has 1 N–H and O–H groups in total. The lowest BCUT2D eigenvalue weighted by Crippen LogP contribution is -2.40. The second-order valence-electron chi connectivity index (χ2n) is 8.56. The number of Topliss-reactive ketones (excluding diaryl/α,β-unsaturated/α-hetero) is 1. The lowest BCUT2D eigenvalue weighted by atomic mass is 10.1. The molecule has 2 fully saturated rings. The molecule has 2 aromatic rings. The molecule has 1 aromatic carbocycles. The van der Waals surface area contributed by atoms with Crippen LogP contribution in [0.2, 0.25) is 0 Å². The number of ketones is 1. The van der Waals surface area contributed by atoms with E-state index >= 15 is 0 Å². The molecule has 2 aliphatic heterocycles. The highest BCUT2D eigenvalue weighted by molar-refractivity contribution is 7.89. The van der Waals surface area contributed by atoms with Crippen LogP contribution >= 0.6 is 0 Å². The van der Waals surface area contributed by atoms with Crippen molar-refractivity contribution in [2.45, 2.75) is 37.7 Å². The Hall–Kier alpha value is -2.04. The van der Waals surface area contributed by atoms with Gasteiger partial charge in [0.2, 0.25) is 10.0 Å². The molecule has 0 saturated carbocycles. The van der Waals surface area contributed by atoms with E-state index in [1.54, 1.807) is 18.2 Å². The van der Waals surface area contributed by atoms with Gasteiger partial charge < -0.3 is 14.4 Å². The molecule has 0 unspecified atom stereocenters. The highest BCUT2D eigenvalue weighted by Crippen LogP contribution is 2.25. The second-order valence-corrected chi connectivity index (χ2v) is 10.5. The minimum absolute atomic E-state index is 0.0397. The van der Waals surface area contributed by atoms with Crippen LogP contribution in [0.5, 0.6) is 0 Å². The van der Waals surface area contributed by atoms with Crippen molar-refractivity contribution in [2.24, 2.45) is 0 Å². The summed E-state index contributed by atoms with van der Waals surface area (Å²) in [5.74, 6) is 0.0397. The molecule has 0 bridgehead atoms. The lowest BCUT2D eigenvalue weighted by molar-refractivity contribution is 0.0710. The zero-order valence-corrected chi connectivity index (χ0v) is 19.5. The third-order valence-electron chi connectivity index (χ3n) is 6.34. The van der Waals surface area contributed by atoms with Crippen LogP contribution in [0.4, 0.5) is 0 Å². The zero-order chi connectivity index (χ0) is 22.9. The van der Waals surface area contributed by atoms with E-state index in [0.717, 1.165) is 17.1 Å². The van der Waals surface area contributed by atoms with Crippen molar-refractivity contribution in [3.63, 3.8) is 0 Å². The van der Waals surface area contributed by atoms with Gasteiger partial charge in [-0.2, -0.15) is 4.31 Å². The molecular formula is C23H31N3O5S. The summed E-state index contributed by atoms with van der Waals surface area (Å²) in [6.45, 7) is 7.06. The van der Waals surface area contributed by atoms with Crippen LogP contribution in [0.1, 0.15) is 34.6 Å². The van der Waals surface area contributed by atoms with Gasteiger partial charge in [0.25, 0.3) is 0 Å². The first kappa shape index (κ1) is 23.1. The Morgan fingerprint density at radius 1 is 1.09 bits per heavy atom. The Balaban J connectivity index is 1.59. The van der Waals surface area contributed by atoms with Crippen LogP contribution in [0, 0.1) is 13.8 Å². The molecular weight excluding hydrogens is 430 g/mol. The smallest absolute Gasteiger partial charge is 0.243 e. The summed E-state index contributed by atoms with van der Waals surface area (Å²) in [6.07, 6.45) is 1.11. The van der Waals surface area contributed by atoms with Crippen molar-refractivity contribution in [1.29, 1.82) is 0 Å². The van der Waals surface area contributed by atoms with Crippen LogP contribution in [-0.2, 0) is 14.8 Å². The van der Waals surface area contributed by atoms with E-state index in [2.05, 4.69) is 4.90 Å². The van der Waals surface area contributed by atoms with Gasteiger partial charge >= 0.3 is 0 Å². The summed E-state index contributed by atoms with van der Waals surface area (Å²) in [7, 11) is -3.61. The highest BCUT2D eigenvalue weighted by Gasteiger charge is 2.27. The number of aromatic nitrogens is 1. The van der Waals surface area contributed by atoms with Crippen LogP contribution in [0.15, 0.2) is 35.2 Å². The topological polar surface area (TPSA) is 92.1 Å². The molecule has 0 aliphatic carbocycles. The molecule has 4 rings (SSSR count). The number of nitrogens with zero attached hydrogens (tertiary/aromatic N) is 3. The number of hydrogen-bond donors (Lipinski definition) is 1. The van der Waals surface area contributed by atoms with Crippen molar-refractivity contribution >= 4 is 15.8 Å². The fourth-order valence-corrected chi connectivity index (χ4v) is 5.98.